The van der Waals surface area contributed by atoms with Gasteiger partial charge in [0, 0.05) is 18.1 Å². The highest BCUT2D eigenvalue weighted by molar-refractivity contribution is 9.10. The summed E-state index contributed by atoms with van der Waals surface area (Å²) in [5, 5.41) is 0. The van der Waals surface area contributed by atoms with E-state index in [0.717, 1.165) is 10.0 Å². The molecule has 0 saturated heterocycles. The highest BCUT2D eigenvalue weighted by Crippen LogP contribution is 2.30. The van der Waals surface area contributed by atoms with Gasteiger partial charge in [-0.1, -0.05) is 33.6 Å². The molecule has 0 saturated carbocycles. The van der Waals surface area contributed by atoms with Gasteiger partial charge in [0.25, 0.3) is 0 Å². The minimum atomic E-state index is -0.412. The van der Waals surface area contributed by atoms with Crippen molar-refractivity contribution in [2.45, 2.75) is 19.4 Å². The molecule has 1 aromatic rings. The summed E-state index contributed by atoms with van der Waals surface area (Å²) in [5.41, 5.74) is 7.62. The Kier molecular flexibility index (Phi) is 3.70. The van der Waals surface area contributed by atoms with Gasteiger partial charge < -0.3 is 10.5 Å². The number of halogens is 1. The number of rotatable bonds is 3. The van der Waals surface area contributed by atoms with Crippen molar-refractivity contribution in [1.82, 2.24) is 0 Å². The average molecular weight is 258 g/mol. The first kappa shape index (κ1) is 11.7. The van der Waals surface area contributed by atoms with Gasteiger partial charge in [-0.3, -0.25) is 0 Å². The van der Waals surface area contributed by atoms with Crippen LogP contribution >= 0.6 is 15.9 Å². The van der Waals surface area contributed by atoms with E-state index in [1.54, 1.807) is 7.11 Å². The molecule has 14 heavy (non-hydrogen) atoms. The SMILES string of the molecule is COC(C)(CN)c1cc(C)ccc1Br. The Morgan fingerprint density at radius 2 is 2.14 bits per heavy atom. The largest absolute Gasteiger partial charge is 0.372 e. The highest BCUT2D eigenvalue weighted by Gasteiger charge is 2.26. The van der Waals surface area contributed by atoms with Crippen molar-refractivity contribution in [3.8, 4) is 0 Å². The first-order chi connectivity index (χ1) is 6.53. The summed E-state index contributed by atoms with van der Waals surface area (Å²) in [5.74, 6) is 0. The number of benzene rings is 1. The molecule has 0 heterocycles. The summed E-state index contributed by atoms with van der Waals surface area (Å²) >= 11 is 3.51. The second-order valence-electron chi connectivity index (χ2n) is 3.62. The summed E-state index contributed by atoms with van der Waals surface area (Å²) < 4.78 is 6.49. The van der Waals surface area contributed by atoms with Gasteiger partial charge in [-0.2, -0.15) is 0 Å². The van der Waals surface area contributed by atoms with E-state index in [9.17, 15) is 0 Å². The van der Waals surface area contributed by atoms with Crippen molar-refractivity contribution in [3.63, 3.8) is 0 Å². The van der Waals surface area contributed by atoms with Crippen molar-refractivity contribution in [1.29, 1.82) is 0 Å². The van der Waals surface area contributed by atoms with Gasteiger partial charge in [-0.25, -0.2) is 0 Å². The Hall–Kier alpha value is -0.380. The lowest BCUT2D eigenvalue weighted by Gasteiger charge is -2.28. The van der Waals surface area contributed by atoms with Crippen molar-refractivity contribution >= 4 is 15.9 Å². The lowest BCUT2D eigenvalue weighted by molar-refractivity contribution is 0.00943. The number of aryl methyl sites for hydroxylation is 1. The van der Waals surface area contributed by atoms with Crippen LogP contribution in [-0.4, -0.2) is 13.7 Å². The van der Waals surface area contributed by atoms with Crippen LogP contribution in [0.1, 0.15) is 18.1 Å². The smallest absolute Gasteiger partial charge is 0.103 e. The molecule has 0 fully saturated rings. The van der Waals surface area contributed by atoms with Crippen LogP contribution in [0.15, 0.2) is 22.7 Å². The minimum absolute atomic E-state index is 0.412. The fourth-order valence-corrected chi connectivity index (χ4v) is 2.01. The maximum Gasteiger partial charge on any atom is 0.103 e. The third kappa shape index (κ3) is 2.16. The second kappa shape index (κ2) is 4.43. The van der Waals surface area contributed by atoms with Crippen molar-refractivity contribution < 1.29 is 4.74 Å². The molecule has 0 spiro atoms. The van der Waals surface area contributed by atoms with Crippen molar-refractivity contribution in [3.05, 3.63) is 33.8 Å². The molecular formula is C11H16BrNO. The van der Waals surface area contributed by atoms with Crippen LogP contribution in [0.3, 0.4) is 0 Å². The van der Waals surface area contributed by atoms with Gasteiger partial charge in [0.15, 0.2) is 0 Å². The monoisotopic (exact) mass is 257 g/mol. The maximum absolute atomic E-state index is 5.72. The van der Waals surface area contributed by atoms with E-state index >= 15 is 0 Å². The lowest BCUT2D eigenvalue weighted by atomic mass is 9.94. The lowest BCUT2D eigenvalue weighted by Crippen LogP contribution is -2.34. The number of methoxy groups -OCH3 is 1. The summed E-state index contributed by atoms with van der Waals surface area (Å²) in [6, 6.07) is 6.18. The Labute approximate surface area is 93.6 Å². The van der Waals surface area contributed by atoms with Crippen LogP contribution in [0.25, 0.3) is 0 Å². The fourth-order valence-electron chi connectivity index (χ4n) is 1.35. The molecule has 3 heteroatoms. The first-order valence-electron chi connectivity index (χ1n) is 4.55. The average Bonchev–Trinajstić information content (AvgIpc) is 2.20. The first-order valence-corrected chi connectivity index (χ1v) is 5.34. The third-order valence-electron chi connectivity index (χ3n) is 2.53. The van der Waals surface area contributed by atoms with E-state index in [4.69, 9.17) is 10.5 Å². The zero-order chi connectivity index (χ0) is 10.8. The predicted molar refractivity (Wildman–Crippen MR) is 62.3 cm³/mol. The van der Waals surface area contributed by atoms with Crippen molar-refractivity contribution in [2.24, 2.45) is 5.73 Å². The Bertz CT molecular complexity index is 321. The molecule has 78 valence electrons. The maximum atomic E-state index is 5.72. The predicted octanol–water partition coefficient (Wildman–Crippen LogP) is 2.58. The summed E-state index contributed by atoms with van der Waals surface area (Å²) in [4.78, 5) is 0. The van der Waals surface area contributed by atoms with Crippen LogP contribution in [0.4, 0.5) is 0 Å². The molecule has 1 unspecified atom stereocenters. The van der Waals surface area contributed by atoms with E-state index in [1.807, 2.05) is 13.0 Å². The fraction of sp³-hybridized carbons (Fsp3) is 0.455. The topological polar surface area (TPSA) is 35.2 Å². The molecular weight excluding hydrogens is 242 g/mol. The third-order valence-corrected chi connectivity index (χ3v) is 3.22. The summed E-state index contributed by atoms with van der Waals surface area (Å²) in [6.07, 6.45) is 0. The molecule has 0 amide bonds. The zero-order valence-corrected chi connectivity index (χ0v) is 10.4. The summed E-state index contributed by atoms with van der Waals surface area (Å²) in [6.45, 7) is 4.51. The number of ether oxygens (including phenoxy) is 1. The van der Waals surface area contributed by atoms with Gasteiger partial charge in [0.05, 0.1) is 0 Å². The van der Waals surface area contributed by atoms with Crippen molar-refractivity contribution in [2.75, 3.05) is 13.7 Å². The molecule has 0 radical (unpaired) electrons. The van der Waals surface area contributed by atoms with Crippen LogP contribution < -0.4 is 5.73 Å². The van der Waals surface area contributed by atoms with Crippen LogP contribution in [0.5, 0.6) is 0 Å². The molecule has 2 nitrogen and oxygen atoms in total. The quantitative estimate of drug-likeness (QED) is 0.904. The zero-order valence-electron chi connectivity index (χ0n) is 8.80. The standard InChI is InChI=1S/C11H16BrNO/c1-8-4-5-10(12)9(6-8)11(2,7-13)14-3/h4-6H,7,13H2,1-3H3. The molecule has 0 aliphatic rings. The van der Waals surface area contributed by atoms with E-state index in [1.165, 1.54) is 5.56 Å². The molecule has 1 aromatic carbocycles. The van der Waals surface area contributed by atoms with Crippen LogP contribution in [0, 0.1) is 6.92 Å². The van der Waals surface area contributed by atoms with E-state index < -0.39 is 5.60 Å². The van der Waals surface area contributed by atoms with Crippen LogP contribution in [0.2, 0.25) is 0 Å². The minimum Gasteiger partial charge on any atom is -0.372 e. The Balaban J connectivity index is 3.22. The van der Waals surface area contributed by atoms with E-state index in [2.05, 4.69) is 35.0 Å². The van der Waals surface area contributed by atoms with Gasteiger partial charge in [-0.15, -0.1) is 0 Å². The highest BCUT2D eigenvalue weighted by atomic mass is 79.9. The number of nitrogens with two attached hydrogens (primary N) is 1. The molecule has 0 aliphatic carbocycles. The van der Waals surface area contributed by atoms with Gasteiger partial charge in [0.1, 0.15) is 5.60 Å². The van der Waals surface area contributed by atoms with Crippen LogP contribution in [-0.2, 0) is 10.3 Å². The molecule has 1 atom stereocenters. The molecule has 0 bridgehead atoms. The second-order valence-corrected chi connectivity index (χ2v) is 4.48. The number of hydrogen-bond acceptors (Lipinski definition) is 2. The molecule has 0 aromatic heterocycles. The van der Waals surface area contributed by atoms with Gasteiger partial charge in [-0.05, 0) is 25.5 Å². The summed E-state index contributed by atoms with van der Waals surface area (Å²) in [7, 11) is 1.68. The van der Waals surface area contributed by atoms with Gasteiger partial charge in [0.2, 0.25) is 0 Å². The Morgan fingerprint density at radius 3 is 2.64 bits per heavy atom. The number of hydrogen-bond donors (Lipinski definition) is 1. The Morgan fingerprint density at radius 1 is 1.50 bits per heavy atom. The molecule has 0 aliphatic heterocycles. The van der Waals surface area contributed by atoms with E-state index in [-0.39, 0.29) is 0 Å². The normalized spacial score (nSPS) is 15.2. The van der Waals surface area contributed by atoms with E-state index in [0.29, 0.717) is 6.54 Å². The molecule has 2 N–H and O–H groups in total. The molecule has 1 rings (SSSR count). The van der Waals surface area contributed by atoms with Gasteiger partial charge >= 0.3 is 0 Å².